The first kappa shape index (κ1) is 16.2. The van der Waals surface area contributed by atoms with Crippen molar-refractivity contribution < 1.29 is 4.74 Å². The summed E-state index contributed by atoms with van der Waals surface area (Å²) in [6.07, 6.45) is 0.714. The van der Waals surface area contributed by atoms with E-state index < -0.39 is 0 Å². The van der Waals surface area contributed by atoms with E-state index in [4.69, 9.17) is 10.6 Å². The van der Waals surface area contributed by atoms with Gasteiger partial charge >= 0.3 is 0 Å². The zero-order valence-electron chi connectivity index (χ0n) is 12.1. The topological polar surface area (TPSA) is 47.3 Å². The molecule has 2 aromatic carbocycles. The highest BCUT2D eigenvalue weighted by atomic mass is 79.9. The number of ether oxygens (including phenoxy) is 1. The van der Waals surface area contributed by atoms with Gasteiger partial charge in [-0.15, -0.1) is 0 Å². The predicted molar refractivity (Wildman–Crippen MR) is 89.8 cm³/mol. The molecule has 0 aliphatic rings. The van der Waals surface area contributed by atoms with Crippen molar-refractivity contribution in [2.24, 2.45) is 5.84 Å². The summed E-state index contributed by atoms with van der Waals surface area (Å²) in [5.41, 5.74) is 5.26. The molecule has 0 aliphatic carbocycles. The SMILES string of the molecule is CCOC(c1ccccc1)C(Cc1ccccc1Br)NN. The number of nitrogens with two attached hydrogens (primary N) is 1. The molecular weight excluding hydrogens is 328 g/mol. The third-order valence-corrected chi connectivity index (χ3v) is 4.23. The average molecular weight is 349 g/mol. The normalized spacial score (nSPS) is 13.9. The highest BCUT2D eigenvalue weighted by molar-refractivity contribution is 9.10. The van der Waals surface area contributed by atoms with E-state index >= 15 is 0 Å². The first-order valence-corrected chi connectivity index (χ1v) is 7.91. The Morgan fingerprint density at radius 1 is 1.10 bits per heavy atom. The number of halogens is 1. The van der Waals surface area contributed by atoms with Crippen molar-refractivity contribution in [3.8, 4) is 0 Å². The minimum atomic E-state index is -0.0756. The smallest absolute Gasteiger partial charge is 0.0994 e. The number of nitrogens with one attached hydrogen (secondary N) is 1. The lowest BCUT2D eigenvalue weighted by molar-refractivity contribution is 0.0332. The van der Waals surface area contributed by atoms with Gasteiger partial charge in [-0.2, -0.15) is 0 Å². The van der Waals surface area contributed by atoms with Crippen LogP contribution in [0.1, 0.15) is 24.2 Å². The molecule has 0 heterocycles. The van der Waals surface area contributed by atoms with E-state index in [1.54, 1.807) is 0 Å². The van der Waals surface area contributed by atoms with Crippen molar-refractivity contribution in [2.45, 2.75) is 25.5 Å². The van der Waals surface area contributed by atoms with E-state index in [1.807, 2.05) is 43.3 Å². The zero-order chi connectivity index (χ0) is 15.1. The fourth-order valence-corrected chi connectivity index (χ4v) is 2.87. The van der Waals surface area contributed by atoms with Crippen LogP contribution in [0.5, 0.6) is 0 Å². The van der Waals surface area contributed by atoms with E-state index in [0.717, 1.165) is 16.5 Å². The highest BCUT2D eigenvalue weighted by Crippen LogP contribution is 2.26. The minimum absolute atomic E-state index is 0.00560. The molecule has 0 amide bonds. The van der Waals surface area contributed by atoms with Crippen LogP contribution in [0.3, 0.4) is 0 Å². The lowest BCUT2D eigenvalue weighted by Crippen LogP contribution is -2.42. The second-order valence-corrected chi connectivity index (χ2v) is 5.71. The maximum Gasteiger partial charge on any atom is 0.0994 e. The van der Waals surface area contributed by atoms with Gasteiger partial charge < -0.3 is 4.74 Å². The molecule has 0 aliphatic heterocycles. The molecule has 2 aromatic rings. The summed E-state index contributed by atoms with van der Waals surface area (Å²) in [4.78, 5) is 0. The summed E-state index contributed by atoms with van der Waals surface area (Å²) >= 11 is 3.59. The molecule has 3 nitrogen and oxygen atoms in total. The molecule has 0 spiro atoms. The van der Waals surface area contributed by atoms with Crippen LogP contribution >= 0.6 is 15.9 Å². The quantitative estimate of drug-likeness (QED) is 0.593. The van der Waals surface area contributed by atoms with Crippen molar-refractivity contribution in [1.82, 2.24) is 5.43 Å². The van der Waals surface area contributed by atoms with Crippen LogP contribution < -0.4 is 11.3 Å². The molecule has 2 unspecified atom stereocenters. The van der Waals surface area contributed by atoms with E-state index in [9.17, 15) is 0 Å². The molecule has 2 rings (SSSR count). The highest BCUT2D eigenvalue weighted by Gasteiger charge is 2.23. The lowest BCUT2D eigenvalue weighted by atomic mass is 9.96. The summed E-state index contributed by atoms with van der Waals surface area (Å²) < 4.78 is 7.03. The fourth-order valence-electron chi connectivity index (χ4n) is 2.42. The Bertz CT molecular complexity index is 547. The summed E-state index contributed by atoms with van der Waals surface area (Å²) in [6, 6.07) is 18.4. The molecule has 0 aromatic heterocycles. The van der Waals surface area contributed by atoms with Crippen LogP contribution in [-0.4, -0.2) is 12.6 Å². The van der Waals surface area contributed by atoms with Gasteiger partial charge in [0, 0.05) is 11.1 Å². The van der Waals surface area contributed by atoms with Gasteiger partial charge in [0.1, 0.15) is 0 Å². The molecular formula is C17H21BrN2O. The number of hydrogen-bond donors (Lipinski definition) is 2. The standard InChI is InChI=1S/C17H21BrN2O/c1-2-21-17(13-8-4-3-5-9-13)16(20-19)12-14-10-6-7-11-15(14)18/h3-11,16-17,20H,2,12,19H2,1H3. The Labute approximate surface area is 134 Å². The maximum absolute atomic E-state index is 5.94. The van der Waals surface area contributed by atoms with Gasteiger partial charge in [0.05, 0.1) is 12.1 Å². The third-order valence-electron chi connectivity index (χ3n) is 3.45. The van der Waals surface area contributed by atoms with Gasteiger partial charge in [0.2, 0.25) is 0 Å². The minimum Gasteiger partial charge on any atom is -0.372 e. The second-order valence-electron chi connectivity index (χ2n) is 4.86. The van der Waals surface area contributed by atoms with E-state index in [1.165, 1.54) is 5.56 Å². The molecule has 4 heteroatoms. The Hall–Kier alpha value is -1.20. The van der Waals surface area contributed by atoms with Gasteiger partial charge in [-0.3, -0.25) is 11.3 Å². The second kappa shape index (κ2) is 8.29. The monoisotopic (exact) mass is 348 g/mol. The first-order valence-electron chi connectivity index (χ1n) is 7.12. The fraction of sp³-hybridized carbons (Fsp3) is 0.294. The van der Waals surface area contributed by atoms with Gasteiger partial charge in [-0.05, 0) is 30.5 Å². The summed E-state index contributed by atoms with van der Waals surface area (Å²) in [5, 5.41) is 0. The van der Waals surface area contributed by atoms with Crippen LogP contribution in [-0.2, 0) is 11.2 Å². The Morgan fingerprint density at radius 3 is 2.38 bits per heavy atom. The summed E-state index contributed by atoms with van der Waals surface area (Å²) in [7, 11) is 0. The van der Waals surface area contributed by atoms with E-state index in [-0.39, 0.29) is 12.1 Å². The molecule has 0 saturated heterocycles. The molecule has 3 N–H and O–H groups in total. The molecule has 21 heavy (non-hydrogen) atoms. The molecule has 2 atom stereocenters. The maximum atomic E-state index is 5.94. The van der Waals surface area contributed by atoms with Crippen LogP contribution in [0.15, 0.2) is 59.1 Å². The van der Waals surface area contributed by atoms with Crippen LogP contribution in [0.2, 0.25) is 0 Å². The third kappa shape index (κ3) is 4.38. The largest absolute Gasteiger partial charge is 0.372 e. The van der Waals surface area contributed by atoms with E-state index in [2.05, 4.69) is 39.6 Å². The molecule has 0 radical (unpaired) electrons. The van der Waals surface area contributed by atoms with Crippen molar-refractivity contribution in [3.05, 3.63) is 70.2 Å². The number of benzene rings is 2. The Kier molecular flexibility index (Phi) is 6.39. The number of hydrazine groups is 1. The molecule has 112 valence electrons. The molecule has 0 fully saturated rings. The van der Waals surface area contributed by atoms with Gasteiger partial charge in [0.25, 0.3) is 0 Å². The Morgan fingerprint density at radius 2 is 1.76 bits per heavy atom. The van der Waals surface area contributed by atoms with Gasteiger partial charge in [0.15, 0.2) is 0 Å². The van der Waals surface area contributed by atoms with Crippen LogP contribution in [0, 0.1) is 0 Å². The van der Waals surface area contributed by atoms with Crippen molar-refractivity contribution in [2.75, 3.05) is 6.61 Å². The van der Waals surface area contributed by atoms with Crippen molar-refractivity contribution >= 4 is 15.9 Å². The summed E-state index contributed by atoms with van der Waals surface area (Å²) in [5.74, 6) is 5.79. The number of hydrogen-bond acceptors (Lipinski definition) is 3. The van der Waals surface area contributed by atoms with Gasteiger partial charge in [-0.1, -0.05) is 64.5 Å². The zero-order valence-corrected chi connectivity index (χ0v) is 13.7. The predicted octanol–water partition coefficient (Wildman–Crippen LogP) is 3.60. The Balaban J connectivity index is 2.22. The van der Waals surface area contributed by atoms with Crippen molar-refractivity contribution in [3.63, 3.8) is 0 Å². The lowest BCUT2D eigenvalue weighted by Gasteiger charge is -2.27. The van der Waals surface area contributed by atoms with E-state index in [0.29, 0.717) is 6.61 Å². The first-order chi connectivity index (χ1) is 10.3. The van der Waals surface area contributed by atoms with Crippen LogP contribution in [0.25, 0.3) is 0 Å². The average Bonchev–Trinajstić information content (AvgIpc) is 2.53. The van der Waals surface area contributed by atoms with Crippen LogP contribution in [0.4, 0.5) is 0 Å². The molecule has 0 saturated carbocycles. The summed E-state index contributed by atoms with van der Waals surface area (Å²) in [6.45, 7) is 2.65. The van der Waals surface area contributed by atoms with Crippen molar-refractivity contribution in [1.29, 1.82) is 0 Å². The number of rotatable bonds is 7. The van der Waals surface area contributed by atoms with Gasteiger partial charge in [-0.25, -0.2) is 0 Å². The molecule has 0 bridgehead atoms.